The molecule has 0 atom stereocenters. The Morgan fingerprint density at radius 2 is 2.14 bits per heavy atom. The van der Waals surface area contributed by atoms with Gasteiger partial charge in [-0.05, 0) is 43.0 Å². The molecule has 2 N–H and O–H groups in total. The minimum atomic E-state index is 0.0781. The minimum absolute atomic E-state index is 0.0781. The predicted molar refractivity (Wildman–Crippen MR) is 86.1 cm³/mol. The highest BCUT2D eigenvalue weighted by atomic mass is 16.5. The van der Waals surface area contributed by atoms with Crippen LogP contribution in [0.15, 0.2) is 24.3 Å². The van der Waals surface area contributed by atoms with Gasteiger partial charge in [0.1, 0.15) is 5.75 Å². The summed E-state index contributed by atoms with van der Waals surface area (Å²) in [7, 11) is 0. The smallest absolute Gasteiger partial charge is 0.246 e. The lowest BCUT2D eigenvalue weighted by Gasteiger charge is -2.12. The normalized spacial score (nSPS) is 14.8. The fourth-order valence-electron chi connectivity index (χ4n) is 2.34. The number of nitrogens with zero attached hydrogens (tertiary/aromatic N) is 1. The quantitative estimate of drug-likeness (QED) is 0.497. The van der Waals surface area contributed by atoms with Crippen LogP contribution >= 0.6 is 0 Å². The van der Waals surface area contributed by atoms with E-state index in [1.54, 1.807) is 6.08 Å². The number of carbonyl (C=O) groups is 1. The fraction of sp³-hybridized carbons (Fsp3) is 0.471. The minimum Gasteiger partial charge on any atom is -0.491 e. The fourth-order valence-corrected chi connectivity index (χ4v) is 2.34. The molecule has 114 valence electrons. The zero-order chi connectivity index (χ0) is 15.1. The number of nitrogens with two attached hydrogens (primary N) is 1. The first kappa shape index (κ1) is 15.4. The summed E-state index contributed by atoms with van der Waals surface area (Å²) in [5.74, 6) is 0.792. The lowest BCUT2D eigenvalue weighted by molar-refractivity contribution is -0.124. The second-order valence-electron chi connectivity index (χ2n) is 5.37. The average molecular weight is 288 g/mol. The van der Waals surface area contributed by atoms with Crippen LogP contribution in [0.4, 0.5) is 5.69 Å². The zero-order valence-corrected chi connectivity index (χ0v) is 12.7. The molecular formula is C17H24N2O2. The molecule has 4 nitrogen and oxygen atoms in total. The number of amides is 1. The first-order valence-electron chi connectivity index (χ1n) is 7.70. The van der Waals surface area contributed by atoms with Gasteiger partial charge in [-0.15, -0.1) is 0 Å². The molecule has 1 saturated heterocycles. The molecule has 1 amide bonds. The molecule has 4 heteroatoms. The van der Waals surface area contributed by atoms with E-state index in [0.29, 0.717) is 18.0 Å². The summed E-state index contributed by atoms with van der Waals surface area (Å²) < 4.78 is 5.61. The molecule has 0 aliphatic carbocycles. The Hall–Kier alpha value is -1.97. The molecule has 0 saturated carbocycles. The monoisotopic (exact) mass is 288 g/mol. The van der Waals surface area contributed by atoms with Crippen molar-refractivity contribution in [1.82, 2.24) is 4.90 Å². The number of hydrogen-bond donors (Lipinski definition) is 1. The van der Waals surface area contributed by atoms with Crippen LogP contribution in [0.5, 0.6) is 5.75 Å². The highest BCUT2D eigenvalue weighted by Crippen LogP contribution is 2.23. The van der Waals surface area contributed by atoms with Crippen molar-refractivity contribution in [2.75, 3.05) is 25.4 Å². The van der Waals surface area contributed by atoms with Crippen LogP contribution in [0, 0.1) is 0 Å². The van der Waals surface area contributed by atoms with Gasteiger partial charge in [-0.1, -0.05) is 19.4 Å². The molecule has 21 heavy (non-hydrogen) atoms. The van der Waals surface area contributed by atoms with E-state index in [-0.39, 0.29) is 5.91 Å². The SMILES string of the molecule is CCCCOc1ccc(/C=C\C(=O)N2CCCC2)cc1N. The van der Waals surface area contributed by atoms with E-state index < -0.39 is 0 Å². The molecule has 0 aromatic heterocycles. The Balaban J connectivity index is 1.94. The molecule has 0 radical (unpaired) electrons. The number of anilines is 1. The van der Waals surface area contributed by atoms with Gasteiger partial charge in [0.05, 0.1) is 12.3 Å². The molecule has 1 fully saturated rings. The van der Waals surface area contributed by atoms with Crippen LogP contribution in [0.2, 0.25) is 0 Å². The van der Waals surface area contributed by atoms with Crippen LogP contribution in [0.1, 0.15) is 38.2 Å². The van der Waals surface area contributed by atoms with E-state index >= 15 is 0 Å². The van der Waals surface area contributed by atoms with Crippen LogP contribution in [0.3, 0.4) is 0 Å². The molecule has 1 aromatic rings. The number of carbonyl (C=O) groups excluding carboxylic acids is 1. The average Bonchev–Trinajstić information content (AvgIpc) is 3.01. The lowest BCUT2D eigenvalue weighted by Crippen LogP contribution is -2.25. The molecule has 1 aromatic carbocycles. The van der Waals surface area contributed by atoms with Crippen molar-refractivity contribution in [3.8, 4) is 5.75 Å². The van der Waals surface area contributed by atoms with Gasteiger partial charge in [-0.2, -0.15) is 0 Å². The molecule has 2 rings (SSSR count). The largest absolute Gasteiger partial charge is 0.491 e. The van der Waals surface area contributed by atoms with Gasteiger partial charge in [-0.25, -0.2) is 0 Å². The molecule has 1 aliphatic heterocycles. The zero-order valence-electron chi connectivity index (χ0n) is 12.7. The Kier molecular flexibility index (Phi) is 5.67. The first-order chi connectivity index (χ1) is 10.2. The van der Waals surface area contributed by atoms with Gasteiger partial charge in [0.25, 0.3) is 0 Å². The molecule has 1 aliphatic rings. The summed E-state index contributed by atoms with van der Waals surface area (Å²) in [5.41, 5.74) is 7.51. The van der Waals surface area contributed by atoms with Crippen LogP contribution in [-0.2, 0) is 4.79 Å². The maximum absolute atomic E-state index is 11.9. The standard InChI is InChI=1S/C17H24N2O2/c1-2-3-12-21-16-8-6-14(13-15(16)18)7-9-17(20)19-10-4-5-11-19/h6-9,13H,2-5,10-12,18H2,1H3/b9-7-. The molecule has 0 spiro atoms. The summed E-state index contributed by atoms with van der Waals surface area (Å²) >= 11 is 0. The van der Waals surface area contributed by atoms with Gasteiger partial charge < -0.3 is 15.4 Å². The number of nitrogen functional groups attached to an aromatic ring is 1. The second kappa shape index (κ2) is 7.72. The predicted octanol–water partition coefficient (Wildman–Crippen LogP) is 3.08. The maximum atomic E-state index is 11.9. The Bertz CT molecular complexity index is 506. The topological polar surface area (TPSA) is 55.6 Å². The van der Waals surface area contributed by atoms with Gasteiger partial charge in [0.15, 0.2) is 0 Å². The van der Waals surface area contributed by atoms with Crippen molar-refractivity contribution in [3.05, 3.63) is 29.8 Å². The summed E-state index contributed by atoms with van der Waals surface area (Å²) in [6, 6.07) is 5.63. The van der Waals surface area contributed by atoms with Crippen molar-refractivity contribution < 1.29 is 9.53 Å². The van der Waals surface area contributed by atoms with Crippen molar-refractivity contribution >= 4 is 17.7 Å². The molecule has 0 bridgehead atoms. The lowest BCUT2D eigenvalue weighted by atomic mass is 10.1. The number of likely N-dealkylation sites (tertiary alicyclic amines) is 1. The summed E-state index contributed by atoms with van der Waals surface area (Å²) in [4.78, 5) is 13.8. The first-order valence-corrected chi connectivity index (χ1v) is 7.70. The van der Waals surface area contributed by atoms with Gasteiger partial charge in [-0.3, -0.25) is 4.79 Å². The van der Waals surface area contributed by atoms with Crippen LogP contribution < -0.4 is 10.5 Å². The van der Waals surface area contributed by atoms with E-state index in [1.165, 1.54) is 0 Å². The summed E-state index contributed by atoms with van der Waals surface area (Å²) in [6.07, 6.45) is 7.77. The Labute approximate surface area is 126 Å². The third kappa shape index (κ3) is 4.52. The Morgan fingerprint density at radius 1 is 1.38 bits per heavy atom. The summed E-state index contributed by atoms with van der Waals surface area (Å²) in [6.45, 7) is 4.55. The molecular weight excluding hydrogens is 264 g/mol. The van der Waals surface area contributed by atoms with E-state index in [2.05, 4.69) is 6.92 Å². The van der Waals surface area contributed by atoms with E-state index in [9.17, 15) is 4.79 Å². The van der Waals surface area contributed by atoms with Gasteiger partial charge >= 0.3 is 0 Å². The third-order valence-electron chi connectivity index (χ3n) is 3.63. The highest BCUT2D eigenvalue weighted by Gasteiger charge is 2.14. The van der Waals surface area contributed by atoms with Crippen LogP contribution in [-0.4, -0.2) is 30.5 Å². The van der Waals surface area contributed by atoms with Gasteiger partial charge in [0.2, 0.25) is 5.91 Å². The highest BCUT2D eigenvalue weighted by molar-refractivity contribution is 5.92. The van der Waals surface area contributed by atoms with Crippen molar-refractivity contribution in [1.29, 1.82) is 0 Å². The number of unbranched alkanes of at least 4 members (excludes halogenated alkanes) is 1. The summed E-state index contributed by atoms with van der Waals surface area (Å²) in [5, 5.41) is 0. The number of benzene rings is 1. The van der Waals surface area contributed by atoms with Crippen molar-refractivity contribution in [3.63, 3.8) is 0 Å². The molecule has 1 heterocycles. The second-order valence-corrected chi connectivity index (χ2v) is 5.37. The van der Waals surface area contributed by atoms with Gasteiger partial charge in [0, 0.05) is 19.2 Å². The van der Waals surface area contributed by atoms with E-state index in [4.69, 9.17) is 10.5 Å². The van der Waals surface area contributed by atoms with E-state index in [1.807, 2.05) is 29.2 Å². The van der Waals surface area contributed by atoms with Crippen LogP contribution in [0.25, 0.3) is 6.08 Å². The molecule has 0 unspecified atom stereocenters. The Morgan fingerprint density at radius 3 is 2.81 bits per heavy atom. The number of rotatable bonds is 6. The van der Waals surface area contributed by atoms with Crippen molar-refractivity contribution in [2.45, 2.75) is 32.6 Å². The van der Waals surface area contributed by atoms with Crippen molar-refractivity contribution in [2.24, 2.45) is 0 Å². The number of ether oxygens (including phenoxy) is 1. The van der Waals surface area contributed by atoms with E-state index in [0.717, 1.165) is 44.3 Å². The maximum Gasteiger partial charge on any atom is 0.246 e. The third-order valence-corrected chi connectivity index (χ3v) is 3.63. The number of hydrogen-bond acceptors (Lipinski definition) is 3.